The molecule has 0 amide bonds. The molecule has 9 heteroatoms. The molecular weight excluding hydrogens is 370 g/mol. The van der Waals surface area contributed by atoms with Crippen LogP contribution in [-0.2, 0) is 16.6 Å². The number of nitrogens with one attached hydrogen (secondary N) is 2. The van der Waals surface area contributed by atoms with Gasteiger partial charge in [0.1, 0.15) is 9.90 Å². The van der Waals surface area contributed by atoms with Crippen LogP contribution >= 0.6 is 22.9 Å². The molecule has 1 aromatic carbocycles. The van der Waals surface area contributed by atoms with E-state index in [9.17, 15) is 13.2 Å². The summed E-state index contributed by atoms with van der Waals surface area (Å²) in [4.78, 5) is 11.7. The number of halogens is 1. The average molecular weight is 382 g/mol. The summed E-state index contributed by atoms with van der Waals surface area (Å²) >= 11 is 6.88. The zero-order valence-electron chi connectivity index (χ0n) is 12.2. The topological polar surface area (TPSA) is 91.9 Å². The lowest BCUT2D eigenvalue weighted by atomic mass is 10.2. The van der Waals surface area contributed by atoms with E-state index in [1.165, 1.54) is 12.1 Å². The molecule has 3 rings (SSSR count). The first-order valence-electron chi connectivity index (χ1n) is 6.84. The van der Waals surface area contributed by atoms with E-state index >= 15 is 0 Å². The first kappa shape index (κ1) is 16.8. The molecule has 6 nitrogen and oxygen atoms in total. The summed E-state index contributed by atoms with van der Waals surface area (Å²) in [6, 6.07) is 13.0. The molecule has 0 fully saturated rings. The van der Waals surface area contributed by atoms with E-state index < -0.39 is 10.0 Å². The third-order valence-corrected chi connectivity index (χ3v) is 6.41. The van der Waals surface area contributed by atoms with Crippen LogP contribution in [0.15, 0.2) is 57.5 Å². The summed E-state index contributed by atoms with van der Waals surface area (Å²) in [5.74, 6) is 0. The molecule has 3 aromatic rings. The predicted octanol–water partition coefficient (Wildman–Crippen LogP) is 2.63. The molecule has 0 spiro atoms. The maximum absolute atomic E-state index is 12.4. The van der Waals surface area contributed by atoms with E-state index in [0.29, 0.717) is 15.6 Å². The zero-order valence-corrected chi connectivity index (χ0v) is 14.6. The molecule has 0 aliphatic carbocycles. The van der Waals surface area contributed by atoms with E-state index in [2.05, 4.69) is 14.9 Å². The fourth-order valence-electron chi connectivity index (χ4n) is 1.94. The summed E-state index contributed by atoms with van der Waals surface area (Å²) < 4.78 is 27.5. The zero-order chi connectivity index (χ0) is 17.2. The van der Waals surface area contributed by atoms with Gasteiger partial charge in [-0.3, -0.25) is 4.79 Å². The molecule has 0 unspecified atom stereocenters. The van der Waals surface area contributed by atoms with Crippen molar-refractivity contribution in [1.82, 2.24) is 14.9 Å². The summed E-state index contributed by atoms with van der Waals surface area (Å²) in [5.41, 5.74) is 1.01. The van der Waals surface area contributed by atoms with Crippen molar-refractivity contribution in [3.05, 3.63) is 69.5 Å². The number of sulfonamides is 1. The van der Waals surface area contributed by atoms with Crippen LogP contribution in [0.3, 0.4) is 0 Å². The van der Waals surface area contributed by atoms with E-state index in [1.54, 1.807) is 36.4 Å². The van der Waals surface area contributed by atoms with Gasteiger partial charge in [0.25, 0.3) is 5.56 Å². The van der Waals surface area contributed by atoms with Crippen molar-refractivity contribution in [2.24, 2.45) is 0 Å². The van der Waals surface area contributed by atoms with Gasteiger partial charge in [-0.25, -0.2) is 18.2 Å². The molecule has 0 aliphatic heterocycles. The molecule has 2 heterocycles. The minimum Gasteiger partial charge on any atom is -0.268 e. The number of aromatic amines is 1. The first-order chi connectivity index (χ1) is 11.4. The first-order valence-corrected chi connectivity index (χ1v) is 9.52. The van der Waals surface area contributed by atoms with Crippen LogP contribution in [0.25, 0.3) is 10.6 Å². The van der Waals surface area contributed by atoms with Crippen molar-refractivity contribution in [2.75, 3.05) is 0 Å². The van der Waals surface area contributed by atoms with Crippen LogP contribution in [-0.4, -0.2) is 18.6 Å². The number of thiophene rings is 1. The molecule has 0 radical (unpaired) electrons. The number of nitrogens with zero attached hydrogens (tertiary/aromatic N) is 1. The highest BCUT2D eigenvalue weighted by atomic mass is 35.5. The number of hydrogen-bond donors (Lipinski definition) is 2. The monoisotopic (exact) mass is 381 g/mol. The van der Waals surface area contributed by atoms with Gasteiger partial charge in [-0.2, -0.15) is 5.10 Å². The standard InChI is InChI=1S/C15H12ClN3O3S2/c16-11-3-1-10(2-4-11)9-17-24(21,22)15-8-6-13(23-15)12-5-7-14(20)19-18-12/h1-8,17H,9H2,(H,19,20). The number of H-pyrrole nitrogens is 1. The molecule has 2 aromatic heterocycles. The van der Waals surface area contributed by atoms with Crippen molar-refractivity contribution < 1.29 is 8.42 Å². The highest BCUT2D eigenvalue weighted by Gasteiger charge is 2.17. The van der Waals surface area contributed by atoms with Crippen molar-refractivity contribution in [3.63, 3.8) is 0 Å². The highest BCUT2D eigenvalue weighted by molar-refractivity contribution is 7.91. The Kier molecular flexibility index (Phi) is 4.81. The largest absolute Gasteiger partial charge is 0.268 e. The number of rotatable bonds is 5. The van der Waals surface area contributed by atoms with Gasteiger partial charge in [0.15, 0.2) is 0 Å². The second-order valence-electron chi connectivity index (χ2n) is 4.88. The molecule has 124 valence electrons. The van der Waals surface area contributed by atoms with Crippen LogP contribution in [0.5, 0.6) is 0 Å². The summed E-state index contributed by atoms with van der Waals surface area (Å²) in [6.45, 7) is 0.170. The smallest absolute Gasteiger partial charge is 0.264 e. The molecule has 0 bridgehead atoms. The van der Waals surface area contributed by atoms with Gasteiger partial charge in [-0.1, -0.05) is 23.7 Å². The van der Waals surface area contributed by atoms with Crippen LogP contribution in [0.2, 0.25) is 5.02 Å². The maximum Gasteiger partial charge on any atom is 0.264 e. The fraction of sp³-hybridized carbons (Fsp3) is 0.0667. The predicted molar refractivity (Wildman–Crippen MR) is 93.6 cm³/mol. The van der Waals surface area contributed by atoms with Gasteiger partial charge < -0.3 is 0 Å². The Morgan fingerprint density at radius 2 is 1.83 bits per heavy atom. The van der Waals surface area contributed by atoms with E-state index in [4.69, 9.17) is 11.6 Å². The normalized spacial score (nSPS) is 11.5. The second kappa shape index (κ2) is 6.86. The maximum atomic E-state index is 12.4. The molecule has 0 aliphatic rings. The Morgan fingerprint density at radius 1 is 1.08 bits per heavy atom. The SMILES string of the molecule is O=c1ccc(-c2ccc(S(=O)(=O)NCc3ccc(Cl)cc3)s2)n[nH]1. The lowest BCUT2D eigenvalue weighted by Gasteiger charge is -2.05. The van der Waals surface area contributed by atoms with Gasteiger partial charge >= 0.3 is 0 Å². The van der Waals surface area contributed by atoms with E-state index in [1.807, 2.05) is 0 Å². The quantitative estimate of drug-likeness (QED) is 0.710. The third-order valence-electron chi connectivity index (χ3n) is 3.16. The van der Waals surface area contributed by atoms with Crippen molar-refractivity contribution in [1.29, 1.82) is 0 Å². The van der Waals surface area contributed by atoms with Crippen LogP contribution in [0.1, 0.15) is 5.56 Å². The minimum absolute atomic E-state index is 0.170. The van der Waals surface area contributed by atoms with Gasteiger partial charge in [-0.05, 0) is 35.9 Å². The molecule has 24 heavy (non-hydrogen) atoms. The summed E-state index contributed by atoms with van der Waals surface area (Å²) in [6.07, 6.45) is 0. The fourth-order valence-corrected chi connectivity index (χ4v) is 4.40. The van der Waals surface area contributed by atoms with Crippen molar-refractivity contribution >= 4 is 33.0 Å². The number of benzene rings is 1. The Balaban J connectivity index is 1.76. The Bertz CT molecular complexity index is 990. The van der Waals surface area contributed by atoms with Crippen molar-refractivity contribution in [2.45, 2.75) is 10.8 Å². The highest BCUT2D eigenvalue weighted by Crippen LogP contribution is 2.28. The second-order valence-corrected chi connectivity index (χ2v) is 8.39. The number of hydrogen-bond acceptors (Lipinski definition) is 5. The molecule has 0 saturated heterocycles. The van der Waals surface area contributed by atoms with Gasteiger partial charge in [0, 0.05) is 17.6 Å². The van der Waals surface area contributed by atoms with Gasteiger partial charge in [-0.15, -0.1) is 11.3 Å². The third kappa shape index (κ3) is 3.90. The molecular formula is C15H12ClN3O3S2. The lowest BCUT2D eigenvalue weighted by molar-refractivity contribution is 0.583. The Morgan fingerprint density at radius 3 is 2.50 bits per heavy atom. The minimum atomic E-state index is -3.63. The van der Waals surface area contributed by atoms with Crippen LogP contribution in [0, 0.1) is 0 Å². The average Bonchev–Trinajstić information content (AvgIpc) is 3.06. The molecule has 2 N–H and O–H groups in total. The lowest BCUT2D eigenvalue weighted by Crippen LogP contribution is -2.22. The van der Waals surface area contributed by atoms with Crippen molar-refractivity contribution in [3.8, 4) is 10.6 Å². The van der Waals surface area contributed by atoms with Crippen LogP contribution < -0.4 is 10.3 Å². The Labute approximate surface area is 147 Å². The van der Waals surface area contributed by atoms with Crippen LogP contribution in [0.4, 0.5) is 0 Å². The number of aromatic nitrogens is 2. The summed E-state index contributed by atoms with van der Waals surface area (Å²) in [7, 11) is -3.63. The van der Waals surface area contributed by atoms with E-state index in [0.717, 1.165) is 16.9 Å². The summed E-state index contributed by atoms with van der Waals surface area (Å²) in [5, 5.41) is 6.81. The van der Waals surface area contributed by atoms with E-state index in [-0.39, 0.29) is 16.3 Å². The molecule has 0 atom stereocenters. The van der Waals surface area contributed by atoms with Gasteiger partial charge in [0.2, 0.25) is 10.0 Å². The molecule has 0 saturated carbocycles. The Hall–Kier alpha value is -2.00. The van der Waals surface area contributed by atoms with Gasteiger partial charge in [0.05, 0.1) is 4.88 Å².